The number of aromatic nitrogens is 3. The van der Waals surface area contributed by atoms with Crippen molar-refractivity contribution in [3.63, 3.8) is 0 Å². The van der Waals surface area contributed by atoms with Crippen LogP contribution in [0.15, 0.2) is 30.6 Å². The van der Waals surface area contributed by atoms with Crippen molar-refractivity contribution >= 4 is 11.8 Å². The molecular formula is C21H33N7O. The first-order valence-electron chi connectivity index (χ1n) is 10.4. The van der Waals surface area contributed by atoms with Crippen LogP contribution in [0.25, 0.3) is 11.3 Å². The fourth-order valence-electron chi connectivity index (χ4n) is 3.27. The van der Waals surface area contributed by atoms with Crippen molar-refractivity contribution in [1.82, 2.24) is 24.8 Å². The standard InChI is InChI=1S/C21H33N7O/c1-16(2)19(15-29)25-21-24-18(17-5-4-6-22-14-17)13-20(26-21)23-7-8-28-11-9-27(3)10-12-28/h4-6,13-14,16,19,29H,7-12,15H2,1-3H3,(H2,23,24,25,26)/t19-/m1/s1. The van der Waals surface area contributed by atoms with Gasteiger partial charge in [-0.1, -0.05) is 13.8 Å². The lowest BCUT2D eigenvalue weighted by molar-refractivity contribution is 0.158. The van der Waals surface area contributed by atoms with E-state index in [0.717, 1.165) is 56.3 Å². The molecule has 0 saturated carbocycles. The molecule has 0 amide bonds. The second kappa shape index (κ2) is 10.5. The first-order chi connectivity index (χ1) is 14.0. The van der Waals surface area contributed by atoms with Gasteiger partial charge in [0, 0.05) is 63.3 Å². The van der Waals surface area contributed by atoms with Crippen LogP contribution >= 0.6 is 0 Å². The minimum absolute atomic E-state index is 0.0321. The van der Waals surface area contributed by atoms with Gasteiger partial charge in [-0.25, -0.2) is 4.98 Å². The Morgan fingerprint density at radius 3 is 2.62 bits per heavy atom. The van der Waals surface area contributed by atoms with Crippen molar-refractivity contribution < 1.29 is 5.11 Å². The molecule has 3 rings (SSSR count). The summed E-state index contributed by atoms with van der Waals surface area (Å²) in [6, 6.07) is 5.74. The summed E-state index contributed by atoms with van der Waals surface area (Å²) in [5.41, 5.74) is 1.74. The molecule has 0 spiro atoms. The Hall–Kier alpha value is -2.29. The summed E-state index contributed by atoms with van der Waals surface area (Å²) in [4.78, 5) is 18.3. The molecular weight excluding hydrogens is 366 g/mol. The summed E-state index contributed by atoms with van der Waals surface area (Å²) in [7, 11) is 2.17. The molecule has 8 nitrogen and oxygen atoms in total. The van der Waals surface area contributed by atoms with Crippen LogP contribution in [-0.4, -0.2) is 88.8 Å². The molecule has 158 valence electrons. The second-order valence-corrected chi connectivity index (χ2v) is 7.95. The first-order valence-corrected chi connectivity index (χ1v) is 10.4. The van der Waals surface area contributed by atoms with Gasteiger partial charge in [-0.3, -0.25) is 9.88 Å². The minimum atomic E-state index is -0.0997. The number of piperazine rings is 1. The van der Waals surface area contributed by atoms with Gasteiger partial charge in [-0.2, -0.15) is 4.98 Å². The molecule has 1 aliphatic rings. The maximum absolute atomic E-state index is 9.67. The topological polar surface area (TPSA) is 89.4 Å². The van der Waals surface area contributed by atoms with Crippen molar-refractivity contribution in [2.45, 2.75) is 19.9 Å². The van der Waals surface area contributed by atoms with Crippen molar-refractivity contribution in [1.29, 1.82) is 0 Å². The number of aliphatic hydroxyl groups excluding tert-OH is 1. The van der Waals surface area contributed by atoms with Gasteiger partial charge in [0.2, 0.25) is 5.95 Å². The van der Waals surface area contributed by atoms with Crippen LogP contribution in [0.4, 0.5) is 11.8 Å². The zero-order valence-electron chi connectivity index (χ0n) is 17.7. The van der Waals surface area contributed by atoms with Gasteiger partial charge < -0.3 is 20.6 Å². The Labute approximate surface area is 173 Å². The molecule has 3 N–H and O–H groups in total. The highest BCUT2D eigenvalue weighted by Crippen LogP contribution is 2.21. The van der Waals surface area contributed by atoms with Gasteiger partial charge in [-0.05, 0) is 25.1 Å². The number of pyridine rings is 1. The van der Waals surface area contributed by atoms with E-state index in [0.29, 0.717) is 5.95 Å². The van der Waals surface area contributed by atoms with Crippen molar-refractivity contribution in [2.24, 2.45) is 5.92 Å². The predicted octanol–water partition coefficient (Wildman–Crippen LogP) is 1.63. The maximum atomic E-state index is 9.67. The number of nitrogens with zero attached hydrogens (tertiary/aromatic N) is 5. The summed E-state index contributed by atoms with van der Waals surface area (Å²) in [6.07, 6.45) is 3.55. The summed E-state index contributed by atoms with van der Waals surface area (Å²) in [5, 5.41) is 16.4. The van der Waals surface area contributed by atoms with Crippen LogP contribution in [0, 0.1) is 5.92 Å². The third-order valence-corrected chi connectivity index (χ3v) is 5.33. The highest BCUT2D eigenvalue weighted by Gasteiger charge is 2.16. The van der Waals surface area contributed by atoms with Crippen LogP contribution in [0.2, 0.25) is 0 Å². The van der Waals surface area contributed by atoms with Crippen LogP contribution < -0.4 is 10.6 Å². The average molecular weight is 400 g/mol. The zero-order chi connectivity index (χ0) is 20.6. The van der Waals surface area contributed by atoms with Gasteiger partial charge in [0.1, 0.15) is 5.82 Å². The Bertz CT molecular complexity index is 748. The number of nitrogens with one attached hydrogen (secondary N) is 2. The Kier molecular flexibility index (Phi) is 7.74. The van der Waals surface area contributed by atoms with Crippen molar-refractivity contribution in [3.05, 3.63) is 30.6 Å². The predicted molar refractivity (Wildman–Crippen MR) is 117 cm³/mol. The van der Waals surface area contributed by atoms with E-state index < -0.39 is 0 Å². The largest absolute Gasteiger partial charge is 0.394 e. The normalized spacial score (nSPS) is 16.7. The van der Waals surface area contributed by atoms with E-state index >= 15 is 0 Å². The molecule has 0 bridgehead atoms. The van der Waals surface area contributed by atoms with Gasteiger partial charge in [0.25, 0.3) is 0 Å². The molecule has 3 heterocycles. The number of likely N-dealkylation sites (N-methyl/N-ethyl adjacent to an activating group) is 1. The van der Waals surface area contributed by atoms with E-state index in [4.69, 9.17) is 0 Å². The lowest BCUT2D eigenvalue weighted by Crippen LogP contribution is -2.45. The summed E-state index contributed by atoms with van der Waals surface area (Å²) in [6.45, 7) is 10.4. The van der Waals surface area contributed by atoms with Gasteiger partial charge in [0.15, 0.2) is 0 Å². The fourth-order valence-corrected chi connectivity index (χ4v) is 3.27. The smallest absolute Gasteiger partial charge is 0.225 e. The van der Waals surface area contributed by atoms with Gasteiger partial charge in [0.05, 0.1) is 18.3 Å². The Morgan fingerprint density at radius 2 is 1.97 bits per heavy atom. The highest BCUT2D eigenvalue weighted by molar-refractivity contribution is 5.63. The molecule has 1 atom stereocenters. The highest BCUT2D eigenvalue weighted by atomic mass is 16.3. The van der Waals surface area contributed by atoms with Crippen LogP contribution in [0.5, 0.6) is 0 Å². The third-order valence-electron chi connectivity index (χ3n) is 5.33. The van der Waals surface area contributed by atoms with Crippen molar-refractivity contribution in [3.8, 4) is 11.3 Å². The summed E-state index contributed by atoms with van der Waals surface area (Å²) < 4.78 is 0. The zero-order valence-corrected chi connectivity index (χ0v) is 17.7. The fraction of sp³-hybridized carbons (Fsp3) is 0.571. The van der Waals surface area contributed by atoms with Gasteiger partial charge >= 0.3 is 0 Å². The lowest BCUT2D eigenvalue weighted by Gasteiger charge is -2.32. The minimum Gasteiger partial charge on any atom is -0.394 e. The molecule has 2 aromatic rings. The molecule has 0 aromatic carbocycles. The molecule has 0 radical (unpaired) electrons. The second-order valence-electron chi connectivity index (χ2n) is 7.95. The van der Waals surface area contributed by atoms with Crippen molar-refractivity contribution in [2.75, 3.05) is 63.6 Å². The van der Waals surface area contributed by atoms with E-state index in [2.05, 4.69) is 56.3 Å². The summed E-state index contributed by atoms with van der Waals surface area (Å²) in [5.74, 6) is 1.55. The van der Waals surface area contributed by atoms with E-state index in [1.54, 1.807) is 12.4 Å². The molecule has 1 fully saturated rings. The molecule has 0 unspecified atom stereocenters. The van der Waals surface area contributed by atoms with Crippen LogP contribution in [0.3, 0.4) is 0 Å². The van der Waals surface area contributed by atoms with Crippen LogP contribution in [0.1, 0.15) is 13.8 Å². The number of hydrogen-bond donors (Lipinski definition) is 3. The van der Waals surface area contributed by atoms with E-state index in [1.165, 1.54) is 0 Å². The molecule has 2 aromatic heterocycles. The Morgan fingerprint density at radius 1 is 1.17 bits per heavy atom. The van der Waals surface area contributed by atoms with E-state index in [1.807, 2.05) is 18.2 Å². The monoisotopic (exact) mass is 399 g/mol. The molecule has 8 heteroatoms. The number of anilines is 2. The lowest BCUT2D eigenvalue weighted by atomic mass is 10.1. The van der Waals surface area contributed by atoms with E-state index in [-0.39, 0.29) is 18.6 Å². The first kappa shape index (κ1) is 21.4. The van der Waals surface area contributed by atoms with Crippen LogP contribution in [-0.2, 0) is 0 Å². The SMILES string of the molecule is CC(C)[C@@H](CO)Nc1nc(NCCN2CCN(C)CC2)cc(-c2cccnc2)n1. The third kappa shape index (κ3) is 6.35. The summed E-state index contributed by atoms with van der Waals surface area (Å²) >= 11 is 0. The average Bonchev–Trinajstić information content (AvgIpc) is 2.74. The van der Waals surface area contributed by atoms with Gasteiger partial charge in [-0.15, -0.1) is 0 Å². The van der Waals surface area contributed by atoms with E-state index in [9.17, 15) is 5.11 Å². The molecule has 0 aliphatic carbocycles. The maximum Gasteiger partial charge on any atom is 0.225 e. The molecule has 1 saturated heterocycles. The number of hydrogen-bond acceptors (Lipinski definition) is 8. The number of aliphatic hydroxyl groups is 1. The number of rotatable bonds is 9. The Balaban J connectivity index is 1.71. The molecule has 1 aliphatic heterocycles. The molecule has 29 heavy (non-hydrogen) atoms. The quantitative estimate of drug-likeness (QED) is 0.586.